The Balaban J connectivity index is 2.53. The molecule has 76 valence electrons. The molecule has 0 saturated heterocycles. The van der Waals surface area contributed by atoms with Gasteiger partial charge in [-0.2, -0.15) is 11.8 Å². The molecule has 0 radical (unpaired) electrons. The molecule has 1 aromatic rings. The molecule has 1 aliphatic heterocycles. The van der Waals surface area contributed by atoms with E-state index in [1.54, 1.807) is 17.8 Å². The number of halogens is 2. The smallest absolute Gasteiger partial charge is 0.142 e. The van der Waals surface area contributed by atoms with E-state index in [4.69, 9.17) is 17.3 Å². The van der Waals surface area contributed by atoms with Crippen LogP contribution >= 0.6 is 23.4 Å². The lowest BCUT2D eigenvalue weighted by Gasteiger charge is -2.13. The van der Waals surface area contributed by atoms with Gasteiger partial charge in [-0.1, -0.05) is 17.7 Å². The van der Waals surface area contributed by atoms with E-state index >= 15 is 0 Å². The lowest BCUT2D eigenvalue weighted by molar-refractivity contribution is 0.622. The third-order valence-corrected chi connectivity index (χ3v) is 3.88. The van der Waals surface area contributed by atoms with E-state index in [1.807, 2.05) is 0 Å². The molecule has 2 N–H and O–H groups in total. The van der Waals surface area contributed by atoms with Crippen LogP contribution in [0.1, 0.15) is 23.6 Å². The zero-order chi connectivity index (χ0) is 10.1. The van der Waals surface area contributed by atoms with Gasteiger partial charge in [-0.15, -0.1) is 0 Å². The summed E-state index contributed by atoms with van der Waals surface area (Å²) in [6.45, 7) is 0. The second-order valence-corrected chi connectivity index (χ2v) is 4.86. The van der Waals surface area contributed by atoms with Crippen molar-refractivity contribution in [1.29, 1.82) is 0 Å². The van der Waals surface area contributed by atoms with E-state index in [1.165, 1.54) is 6.07 Å². The molecular formula is C10H11ClFNS. The van der Waals surface area contributed by atoms with Crippen LogP contribution in [0, 0.1) is 5.82 Å². The molecule has 0 aliphatic carbocycles. The number of hydrogen-bond acceptors (Lipinski definition) is 2. The van der Waals surface area contributed by atoms with Crippen LogP contribution in [0.15, 0.2) is 12.1 Å². The van der Waals surface area contributed by atoms with Crippen molar-refractivity contribution in [1.82, 2.24) is 0 Å². The van der Waals surface area contributed by atoms with Crippen LogP contribution in [-0.4, -0.2) is 5.75 Å². The first kappa shape index (κ1) is 10.3. The maximum Gasteiger partial charge on any atom is 0.142 e. The van der Waals surface area contributed by atoms with E-state index in [9.17, 15) is 4.39 Å². The van der Waals surface area contributed by atoms with Gasteiger partial charge in [0.05, 0.1) is 5.02 Å². The van der Waals surface area contributed by atoms with Gasteiger partial charge in [-0.3, -0.25) is 0 Å². The van der Waals surface area contributed by atoms with Crippen molar-refractivity contribution in [2.75, 3.05) is 5.75 Å². The Morgan fingerprint density at radius 3 is 3.07 bits per heavy atom. The molecule has 4 heteroatoms. The van der Waals surface area contributed by atoms with Crippen molar-refractivity contribution in [2.45, 2.75) is 18.2 Å². The van der Waals surface area contributed by atoms with Crippen LogP contribution in [0.25, 0.3) is 0 Å². The molecule has 1 atom stereocenters. The molecular weight excluding hydrogens is 221 g/mol. The second kappa shape index (κ2) is 4.09. The average Bonchev–Trinajstić information content (AvgIpc) is 2.35. The summed E-state index contributed by atoms with van der Waals surface area (Å²) in [7, 11) is 0. The number of nitrogens with two attached hydrogens (primary N) is 1. The van der Waals surface area contributed by atoms with Gasteiger partial charge in [-0.25, -0.2) is 4.39 Å². The van der Waals surface area contributed by atoms with Crippen molar-refractivity contribution in [3.8, 4) is 0 Å². The summed E-state index contributed by atoms with van der Waals surface area (Å²) in [6, 6.07) is 3.16. The van der Waals surface area contributed by atoms with Gasteiger partial charge >= 0.3 is 0 Å². The lowest BCUT2D eigenvalue weighted by atomic mass is 10.00. The topological polar surface area (TPSA) is 26.0 Å². The molecule has 1 aromatic carbocycles. The van der Waals surface area contributed by atoms with Crippen molar-refractivity contribution in [2.24, 2.45) is 5.73 Å². The summed E-state index contributed by atoms with van der Waals surface area (Å²) in [6.07, 6.45) is 0.930. The normalized spacial score (nSPS) is 21.5. The second-order valence-electron chi connectivity index (χ2n) is 3.38. The maximum absolute atomic E-state index is 13.2. The molecule has 0 bridgehead atoms. The van der Waals surface area contributed by atoms with Gasteiger partial charge < -0.3 is 5.73 Å². The minimum Gasteiger partial charge on any atom is -0.324 e. The predicted molar refractivity (Wildman–Crippen MR) is 59.1 cm³/mol. The number of thioether (sulfide) groups is 1. The molecule has 0 saturated carbocycles. The first-order valence-corrected chi connectivity index (χ1v) is 6.03. The Bertz CT molecular complexity index is 356. The van der Waals surface area contributed by atoms with Crippen molar-refractivity contribution in [3.05, 3.63) is 34.1 Å². The van der Waals surface area contributed by atoms with Gasteiger partial charge in [0.15, 0.2) is 0 Å². The Morgan fingerprint density at radius 2 is 2.29 bits per heavy atom. The van der Waals surface area contributed by atoms with Gasteiger partial charge in [0.25, 0.3) is 0 Å². The summed E-state index contributed by atoms with van der Waals surface area (Å²) >= 11 is 7.66. The summed E-state index contributed by atoms with van der Waals surface area (Å²) in [4.78, 5) is 0. The minimum atomic E-state index is -0.347. The van der Waals surface area contributed by atoms with E-state index < -0.39 is 0 Å². The summed E-state index contributed by atoms with van der Waals surface area (Å²) < 4.78 is 13.2. The van der Waals surface area contributed by atoms with Gasteiger partial charge in [0.2, 0.25) is 0 Å². The molecule has 0 aromatic heterocycles. The number of fused-ring (bicyclic) bond motifs is 1. The molecule has 2 rings (SSSR count). The summed E-state index contributed by atoms with van der Waals surface area (Å²) in [5.41, 5.74) is 7.85. The highest BCUT2D eigenvalue weighted by molar-refractivity contribution is 7.98. The maximum atomic E-state index is 13.2. The molecule has 0 fully saturated rings. The molecule has 0 unspecified atom stereocenters. The van der Waals surface area contributed by atoms with Crippen LogP contribution in [0.5, 0.6) is 0 Å². The molecule has 1 aliphatic rings. The van der Waals surface area contributed by atoms with Crippen molar-refractivity contribution < 1.29 is 4.39 Å². The monoisotopic (exact) mass is 231 g/mol. The Hall–Kier alpha value is -0.250. The van der Waals surface area contributed by atoms with E-state index in [-0.39, 0.29) is 16.9 Å². The highest BCUT2D eigenvalue weighted by Gasteiger charge is 2.19. The van der Waals surface area contributed by atoms with Crippen LogP contribution in [-0.2, 0) is 5.75 Å². The first-order valence-electron chi connectivity index (χ1n) is 4.50. The van der Waals surface area contributed by atoms with E-state index in [0.29, 0.717) is 0 Å². The fourth-order valence-electron chi connectivity index (χ4n) is 1.64. The van der Waals surface area contributed by atoms with Crippen LogP contribution in [0.4, 0.5) is 4.39 Å². The van der Waals surface area contributed by atoms with Gasteiger partial charge in [-0.05, 0) is 29.4 Å². The fraction of sp³-hybridized carbons (Fsp3) is 0.400. The quantitative estimate of drug-likeness (QED) is 0.743. The SMILES string of the molecule is N[C@H]1CCSCc2c1ccc(F)c2Cl. The molecule has 1 nitrogen and oxygen atoms in total. The highest BCUT2D eigenvalue weighted by atomic mass is 35.5. The van der Waals surface area contributed by atoms with Gasteiger partial charge in [0, 0.05) is 11.8 Å². The van der Waals surface area contributed by atoms with Crippen molar-refractivity contribution >= 4 is 23.4 Å². The summed E-state index contributed by atoms with van der Waals surface area (Å²) in [5, 5.41) is 0.243. The van der Waals surface area contributed by atoms with Crippen LogP contribution in [0.2, 0.25) is 5.02 Å². The Kier molecular flexibility index (Phi) is 3.00. The third kappa shape index (κ3) is 1.76. The van der Waals surface area contributed by atoms with E-state index in [2.05, 4.69) is 0 Å². The minimum absolute atomic E-state index is 0.00176. The molecule has 14 heavy (non-hydrogen) atoms. The number of hydrogen-bond donors (Lipinski definition) is 1. The van der Waals surface area contributed by atoms with Gasteiger partial charge in [0.1, 0.15) is 5.82 Å². The zero-order valence-corrected chi connectivity index (χ0v) is 9.17. The van der Waals surface area contributed by atoms with E-state index in [0.717, 1.165) is 29.1 Å². The number of benzene rings is 1. The highest BCUT2D eigenvalue weighted by Crippen LogP contribution is 2.34. The standard InChI is InChI=1S/C10H11ClFNS/c11-10-7-5-14-4-3-9(13)6(7)1-2-8(10)12/h1-2,9H,3-5,13H2/t9-/m0/s1. The third-order valence-electron chi connectivity index (χ3n) is 2.45. The molecule has 0 amide bonds. The number of rotatable bonds is 0. The largest absolute Gasteiger partial charge is 0.324 e. The fourth-order valence-corrected chi connectivity index (χ4v) is 3.04. The predicted octanol–water partition coefficient (Wildman–Crippen LogP) is 3.12. The van der Waals surface area contributed by atoms with Crippen LogP contribution in [0.3, 0.4) is 0 Å². The Labute approximate surface area is 91.8 Å². The zero-order valence-electron chi connectivity index (χ0n) is 7.59. The van der Waals surface area contributed by atoms with Crippen molar-refractivity contribution in [3.63, 3.8) is 0 Å². The molecule has 0 spiro atoms. The Morgan fingerprint density at radius 1 is 1.50 bits per heavy atom. The summed E-state index contributed by atoms with van der Waals surface area (Å²) in [5.74, 6) is 1.42. The first-order chi connectivity index (χ1) is 6.70. The average molecular weight is 232 g/mol. The molecule has 1 heterocycles. The lowest BCUT2D eigenvalue weighted by Crippen LogP contribution is -2.11. The van der Waals surface area contributed by atoms with Crippen LogP contribution < -0.4 is 5.73 Å².